The predicted octanol–water partition coefficient (Wildman–Crippen LogP) is 7.24. The lowest BCUT2D eigenvalue weighted by Gasteiger charge is -2.42. The molecule has 2 heterocycles. The maximum atomic E-state index is 13.2. The summed E-state index contributed by atoms with van der Waals surface area (Å²) < 4.78 is 85.1. The van der Waals surface area contributed by atoms with Crippen LogP contribution in [-0.4, -0.2) is 29.6 Å². The Balaban J connectivity index is 1.48. The molecule has 3 nitrogen and oxygen atoms in total. The number of hydrogen-bond donors (Lipinski definition) is 0. The zero-order chi connectivity index (χ0) is 26.0. The van der Waals surface area contributed by atoms with E-state index in [1.807, 2.05) is 43.5 Å². The molecule has 1 saturated heterocycles. The lowest BCUT2D eigenvalue weighted by Crippen LogP contribution is -2.44. The van der Waals surface area contributed by atoms with Crippen LogP contribution in [0.3, 0.4) is 0 Å². The van der Waals surface area contributed by atoms with Gasteiger partial charge in [-0.15, -0.1) is 11.3 Å². The first kappa shape index (κ1) is 26.6. The summed E-state index contributed by atoms with van der Waals surface area (Å²) in [6.45, 7) is 4.19. The average molecular weight is 529 g/mol. The van der Waals surface area contributed by atoms with Crippen LogP contribution in [0.5, 0.6) is 0 Å². The molecule has 0 N–H and O–H groups in total. The van der Waals surface area contributed by atoms with Crippen LogP contribution in [0.2, 0.25) is 0 Å². The molecular formula is C26H26F6N2OS. The Bertz CT molecular complexity index is 1120. The fourth-order valence-corrected chi connectivity index (χ4v) is 5.45. The number of aromatic nitrogens is 1. The highest BCUT2D eigenvalue weighted by Crippen LogP contribution is 2.38. The number of hydrogen-bond acceptors (Lipinski definition) is 4. The summed E-state index contributed by atoms with van der Waals surface area (Å²) >= 11 is 1.66. The van der Waals surface area contributed by atoms with E-state index in [-0.39, 0.29) is 30.3 Å². The molecule has 0 saturated carbocycles. The Kier molecular flexibility index (Phi) is 7.78. The maximum absolute atomic E-state index is 13.2. The van der Waals surface area contributed by atoms with Crippen molar-refractivity contribution in [2.75, 3.05) is 19.7 Å². The topological polar surface area (TPSA) is 25.4 Å². The van der Waals surface area contributed by atoms with Crippen LogP contribution in [0, 0.1) is 6.92 Å². The number of aryl methyl sites for hydroxylation is 1. The van der Waals surface area contributed by atoms with Crippen LogP contribution in [0.25, 0.3) is 0 Å². The van der Waals surface area contributed by atoms with E-state index in [1.54, 1.807) is 11.3 Å². The Morgan fingerprint density at radius 2 is 1.56 bits per heavy atom. The van der Waals surface area contributed by atoms with Gasteiger partial charge >= 0.3 is 12.4 Å². The molecule has 0 aliphatic carbocycles. The Morgan fingerprint density at radius 3 is 2.08 bits per heavy atom. The summed E-state index contributed by atoms with van der Waals surface area (Å²) in [6.07, 6.45) is -6.38. The van der Waals surface area contributed by atoms with Crippen molar-refractivity contribution < 1.29 is 31.1 Å². The molecule has 0 atom stereocenters. The summed E-state index contributed by atoms with van der Waals surface area (Å²) in [5.41, 5.74) is -2.15. The number of rotatable bonds is 7. The third-order valence-corrected chi connectivity index (χ3v) is 7.44. The standard InChI is InChI=1S/C26H26F6N2OS/c1-18-33-14-23(36-18)15-34-9-7-24(8-10-34,20-5-3-2-4-6-20)17-35-16-19-11-21(25(27,28)29)13-22(12-19)26(30,31)32/h2-6,11-14H,7-10,15-17H2,1H3. The number of ether oxygens (including phenoxy) is 1. The normalized spacial score (nSPS) is 16.9. The Morgan fingerprint density at radius 1 is 0.944 bits per heavy atom. The number of benzene rings is 2. The summed E-state index contributed by atoms with van der Waals surface area (Å²) in [7, 11) is 0. The lowest BCUT2D eigenvalue weighted by molar-refractivity contribution is -0.143. The fraction of sp³-hybridized carbons (Fsp3) is 0.423. The van der Waals surface area contributed by atoms with Crippen LogP contribution in [0.1, 0.15) is 45.0 Å². The van der Waals surface area contributed by atoms with Gasteiger partial charge in [-0.1, -0.05) is 30.3 Å². The first-order chi connectivity index (χ1) is 16.9. The monoisotopic (exact) mass is 528 g/mol. The quantitative estimate of drug-likeness (QED) is 0.302. The van der Waals surface area contributed by atoms with Gasteiger partial charge in [0.15, 0.2) is 0 Å². The van der Waals surface area contributed by atoms with Crippen LogP contribution >= 0.6 is 11.3 Å². The average Bonchev–Trinajstić information content (AvgIpc) is 3.24. The second-order valence-corrected chi connectivity index (χ2v) is 10.5. The first-order valence-electron chi connectivity index (χ1n) is 11.5. The molecule has 0 amide bonds. The van der Waals surface area contributed by atoms with Crippen molar-refractivity contribution in [3.63, 3.8) is 0 Å². The van der Waals surface area contributed by atoms with Gasteiger partial charge in [0.25, 0.3) is 0 Å². The minimum absolute atomic E-state index is 0.134. The zero-order valence-corrected chi connectivity index (χ0v) is 20.4. The van der Waals surface area contributed by atoms with Gasteiger partial charge in [-0.3, -0.25) is 4.90 Å². The Hall–Kier alpha value is -2.43. The largest absolute Gasteiger partial charge is 0.416 e. The number of piperidine rings is 1. The number of likely N-dealkylation sites (tertiary alicyclic amines) is 1. The van der Waals surface area contributed by atoms with Crippen LogP contribution in [0.15, 0.2) is 54.7 Å². The van der Waals surface area contributed by atoms with Crippen molar-refractivity contribution in [1.82, 2.24) is 9.88 Å². The highest BCUT2D eigenvalue weighted by Gasteiger charge is 2.38. The lowest BCUT2D eigenvalue weighted by atomic mass is 9.73. The third kappa shape index (κ3) is 6.46. The minimum atomic E-state index is -4.88. The van der Waals surface area contributed by atoms with Crippen molar-refractivity contribution in [2.24, 2.45) is 0 Å². The second-order valence-electron chi connectivity index (χ2n) is 9.18. The molecule has 2 aromatic carbocycles. The molecule has 0 spiro atoms. The van der Waals surface area contributed by atoms with Gasteiger partial charge in [0, 0.05) is 23.0 Å². The van der Waals surface area contributed by atoms with E-state index >= 15 is 0 Å². The maximum Gasteiger partial charge on any atom is 0.416 e. The molecule has 10 heteroatoms. The second kappa shape index (κ2) is 10.5. The molecule has 0 unspecified atom stereocenters. The molecule has 1 fully saturated rings. The van der Waals surface area contributed by atoms with Gasteiger partial charge in [-0.05, 0) is 62.2 Å². The van der Waals surface area contributed by atoms with E-state index in [1.165, 1.54) is 4.88 Å². The van der Waals surface area contributed by atoms with Crippen molar-refractivity contribution in [1.29, 1.82) is 0 Å². The molecule has 1 aliphatic rings. The molecule has 0 bridgehead atoms. The summed E-state index contributed by atoms with van der Waals surface area (Å²) in [5, 5.41) is 1.01. The van der Waals surface area contributed by atoms with Gasteiger partial charge in [-0.25, -0.2) is 4.98 Å². The van der Waals surface area contributed by atoms with Gasteiger partial charge in [0.2, 0.25) is 0 Å². The first-order valence-corrected chi connectivity index (χ1v) is 12.3. The van der Waals surface area contributed by atoms with E-state index in [0.717, 1.165) is 55.2 Å². The molecular weight excluding hydrogens is 502 g/mol. The van der Waals surface area contributed by atoms with Crippen molar-refractivity contribution in [3.05, 3.63) is 86.9 Å². The number of halogens is 6. The van der Waals surface area contributed by atoms with Crippen molar-refractivity contribution >= 4 is 11.3 Å². The summed E-state index contributed by atoms with van der Waals surface area (Å²) in [4.78, 5) is 7.81. The molecule has 3 aromatic rings. The van der Waals surface area contributed by atoms with E-state index in [4.69, 9.17) is 4.74 Å². The Labute approximate surface area is 209 Å². The van der Waals surface area contributed by atoms with Gasteiger partial charge in [-0.2, -0.15) is 26.3 Å². The number of nitrogens with zero attached hydrogens (tertiary/aromatic N) is 2. The summed E-state index contributed by atoms with van der Waals surface area (Å²) in [5.74, 6) is 0. The van der Waals surface area contributed by atoms with Gasteiger partial charge < -0.3 is 4.74 Å². The van der Waals surface area contributed by atoms with E-state index in [2.05, 4.69) is 9.88 Å². The molecule has 0 radical (unpaired) electrons. The summed E-state index contributed by atoms with van der Waals surface area (Å²) in [6, 6.07) is 11.3. The van der Waals surface area contributed by atoms with E-state index < -0.39 is 23.5 Å². The SMILES string of the molecule is Cc1ncc(CN2CCC(COCc3cc(C(F)(F)F)cc(C(F)(F)F)c3)(c3ccccc3)CC2)s1. The number of alkyl halides is 6. The van der Waals surface area contributed by atoms with Crippen LogP contribution in [-0.2, 0) is 35.7 Å². The van der Waals surface area contributed by atoms with Crippen molar-refractivity contribution in [2.45, 2.75) is 50.7 Å². The molecule has 4 rings (SSSR count). The number of thiazole rings is 1. The minimum Gasteiger partial charge on any atom is -0.376 e. The van der Waals surface area contributed by atoms with Gasteiger partial charge in [0.05, 0.1) is 29.3 Å². The molecule has 194 valence electrons. The smallest absolute Gasteiger partial charge is 0.376 e. The van der Waals surface area contributed by atoms with E-state index in [0.29, 0.717) is 0 Å². The molecule has 1 aliphatic heterocycles. The third-order valence-electron chi connectivity index (χ3n) is 6.54. The fourth-order valence-electron chi connectivity index (χ4n) is 4.61. The van der Waals surface area contributed by atoms with Crippen molar-refractivity contribution in [3.8, 4) is 0 Å². The zero-order valence-electron chi connectivity index (χ0n) is 19.6. The van der Waals surface area contributed by atoms with Crippen LogP contribution < -0.4 is 0 Å². The predicted molar refractivity (Wildman–Crippen MR) is 126 cm³/mol. The molecule has 36 heavy (non-hydrogen) atoms. The highest BCUT2D eigenvalue weighted by atomic mass is 32.1. The molecule has 1 aromatic heterocycles. The van der Waals surface area contributed by atoms with Gasteiger partial charge in [0.1, 0.15) is 0 Å². The van der Waals surface area contributed by atoms with Crippen LogP contribution in [0.4, 0.5) is 26.3 Å². The highest BCUT2D eigenvalue weighted by molar-refractivity contribution is 7.11. The van der Waals surface area contributed by atoms with E-state index in [9.17, 15) is 26.3 Å².